The average molecular weight is 923 g/mol. The van der Waals surface area contributed by atoms with Gasteiger partial charge >= 0.3 is 5.97 Å². The Bertz CT molecular complexity index is 2920. The van der Waals surface area contributed by atoms with Crippen LogP contribution >= 0.6 is 34.5 Å². The van der Waals surface area contributed by atoms with Crippen LogP contribution in [0.1, 0.15) is 50.7 Å². The minimum atomic E-state index is -4.41. The van der Waals surface area contributed by atoms with E-state index in [2.05, 4.69) is 16.4 Å². The first-order chi connectivity index (χ1) is 30.2. The van der Waals surface area contributed by atoms with Gasteiger partial charge in [0.15, 0.2) is 21.2 Å². The fourth-order valence-electron chi connectivity index (χ4n) is 7.65. The highest BCUT2D eigenvalue weighted by atomic mass is 35.5. The lowest BCUT2D eigenvalue weighted by atomic mass is 9.89. The molecule has 13 nitrogen and oxygen atoms in total. The van der Waals surface area contributed by atoms with Crippen molar-refractivity contribution < 1.29 is 37.4 Å². The zero-order chi connectivity index (χ0) is 44.6. The summed E-state index contributed by atoms with van der Waals surface area (Å²) in [6.45, 7) is 1.49. The molecule has 0 saturated heterocycles. The topological polar surface area (TPSA) is 202 Å². The molecule has 0 spiro atoms. The number of sulfonamides is 1. The predicted octanol–water partition coefficient (Wildman–Crippen LogP) is 7.63. The maximum atomic E-state index is 14.4. The number of ketones is 1. The van der Waals surface area contributed by atoms with Gasteiger partial charge in [0.2, 0.25) is 5.91 Å². The number of nitriles is 1. The largest absolute Gasteiger partial charge is 0.489 e. The van der Waals surface area contributed by atoms with Gasteiger partial charge in [-0.2, -0.15) is 9.57 Å². The van der Waals surface area contributed by atoms with Crippen molar-refractivity contribution in [2.75, 3.05) is 5.73 Å². The van der Waals surface area contributed by atoms with Crippen molar-refractivity contribution in [1.82, 2.24) is 14.6 Å². The summed E-state index contributed by atoms with van der Waals surface area (Å²) in [5, 5.41) is 22.9. The maximum absolute atomic E-state index is 14.4. The number of carboxylic acid groups (broad SMARTS) is 1. The van der Waals surface area contributed by atoms with Gasteiger partial charge in [-0.25, -0.2) is 18.2 Å². The minimum absolute atomic E-state index is 0.0200. The number of carboxylic acids is 1. The van der Waals surface area contributed by atoms with Crippen molar-refractivity contribution >= 4 is 67.4 Å². The number of halogens is 2. The second-order valence-corrected chi connectivity index (χ2v) is 19.1. The van der Waals surface area contributed by atoms with E-state index >= 15 is 0 Å². The van der Waals surface area contributed by atoms with E-state index in [1.807, 2.05) is 30.3 Å². The Balaban J connectivity index is 1.02. The number of rotatable bonds is 12. The molecule has 8 rings (SSSR count). The molecule has 2 aliphatic rings. The number of carbonyl (C=O) groups is 3. The molecule has 3 atom stereocenters. The van der Waals surface area contributed by atoms with Crippen molar-refractivity contribution in [2.45, 2.75) is 61.7 Å². The number of nitrogen functional groups attached to an aromatic ring is 1. The summed E-state index contributed by atoms with van der Waals surface area (Å²) in [5.41, 5.74) is 12.1. The van der Waals surface area contributed by atoms with E-state index in [0.29, 0.717) is 54.9 Å². The van der Waals surface area contributed by atoms with Crippen LogP contribution in [-0.4, -0.2) is 52.6 Å². The lowest BCUT2D eigenvalue weighted by molar-refractivity contribution is -0.142. The number of nitrogens with one attached hydrogen (secondary N) is 1. The van der Waals surface area contributed by atoms with Gasteiger partial charge in [-0.1, -0.05) is 95.2 Å². The number of anilines is 1. The molecule has 17 heteroatoms. The van der Waals surface area contributed by atoms with Gasteiger partial charge in [0.05, 0.1) is 27.4 Å². The summed E-state index contributed by atoms with van der Waals surface area (Å²) >= 11 is 12.9. The number of thiazole rings is 1. The van der Waals surface area contributed by atoms with Crippen LogP contribution in [-0.2, 0) is 56.8 Å². The molecule has 1 amide bonds. The van der Waals surface area contributed by atoms with Crippen LogP contribution in [0.5, 0.6) is 11.5 Å². The fourth-order valence-corrected chi connectivity index (χ4v) is 10.9. The standard InChI is InChI=1S/C46H37Cl2N5O8S2/c1-25-45(62-46(50)51-25)63(58,59)53-23-34-21-41-33(20-40(54)42(61-41)31-11-13-35(14-12-31)60-24-28-6-15-36(47)37(48)16-28)18-32(34)19-39(53)43(55)52-38(44(56)57)17-26-2-7-29(8-3-26)30-9-4-27(22-49)5-10-30/h2-16,18,21,38-39,42H,17,19-20,23-24H2,1H3,(H2,50,51)(H,52,55)(H,56,57)/t38-,39-,42?/m0/s1. The number of aliphatic carboxylic acids is 1. The second-order valence-electron chi connectivity index (χ2n) is 15.2. The van der Waals surface area contributed by atoms with E-state index in [1.54, 1.807) is 72.8 Å². The summed E-state index contributed by atoms with van der Waals surface area (Å²) in [5.74, 6) is -1.36. The number of ether oxygens (including phenoxy) is 2. The van der Waals surface area contributed by atoms with E-state index in [-0.39, 0.29) is 53.2 Å². The summed E-state index contributed by atoms with van der Waals surface area (Å²) in [7, 11) is -4.41. The molecule has 320 valence electrons. The Morgan fingerprint density at radius 1 is 0.968 bits per heavy atom. The molecule has 5 aromatic carbocycles. The van der Waals surface area contributed by atoms with Crippen LogP contribution in [0.25, 0.3) is 11.1 Å². The van der Waals surface area contributed by atoms with Crippen molar-refractivity contribution in [3.8, 4) is 28.7 Å². The molecule has 0 radical (unpaired) electrons. The first-order valence-corrected chi connectivity index (χ1v) is 22.6. The number of fused-ring (bicyclic) bond motifs is 2. The molecule has 0 bridgehead atoms. The Morgan fingerprint density at radius 3 is 2.29 bits per heavy atom. The van der Waals surface area contributed by atoms with Crippen molar-refractivity contribution in [3.63, 3.8) is 0 Å². The third kappa shape index (κ3) is 9.27. The lowest BCUT2D eigenvalue weighted by Gasteiger charge is -2.36. The number of carbonyl (C=O) groups excluding carboxylic acids is 2. The number of benzene rings is 5. The maximum Gasteiger partial charge on any atom is 0.326 e. The number of aromatic nitrogens is 1. The third-order valence-corrected chi connectivity index (χ3v) is 15.1. The first kappa shape index (κ1) is 43.4. The number of hydrogen-bond donors (Lipinski definition) is 3. The van der Waals surface area contributed by atoms with E-state index in [4.69, 9.17) is 43.7 Å². The Kier molecular flexibility index (Phi) is 12.3. The predicted molar refractivity (Wildman–Crippen MR) is 237 cm³/mol. The monoisotopic (exact) mass is 921 g/mol. The quantitative estimate of drug-likeness (QED) is 0.109. The SMILES string of the molecule is Cc1nc(N)sc1S(=O)(=O)N1Cc2cc3c(cc2C[C@H]1C(=O)N[C@@H](Cc1ccc(-c2ccc(C#N)cc2)cc1)C(=O)O)CC(=O)C(c1ccc(OCc2ccc(Cl)c(Cl)c2)cc1)O3. The molecule has 3 heterocycles. The van der Waals surface area contributed by atoms with E-state index < -0.39 is 40.1 Å². The highest BCUT2D eigenvalue weighted by Gasteiger charge is 2.43. The Labute approximate surface area is 376 Å². The van der Waals surface area contributed by atoms with Crippen LogP contribution in [0.3, 0.4) is 0 Å². The van der Waals surface area contributed by atoms with Crippen LogP contribution in [0.4, 0.5) is 5.13 Å². The van der Waals surface area contributed by atoms with Gasteiger partial charge in [-0.15, -0.1) is 0 Å². The number of amides is 1. The van der Waals surface area contributed by atoms with E-state index in [1.165, 1.54) is 6.92 Å². The molecule has 1 unspecified atom stereocenters. The number of hydrogen-bond acceptors (Lipinski definition) is 11. The number of aryl methyl sites for hydroxylation is 1. The number of nitrogens with zero attached hydrogens (tertiary/aromatic N) is 3. The minimum Gasteiger partial charge on any atom is -0.489 e. The molecular formula is C46H37Cl2N5O8S2. The normalized spacial score (nSPS) is 16.5. The van der Waals surface area contributed by atoms with Gasteiger partial charge in [0, 0.05) is 30.5 Å². The zero-order valence-corrected chi connectivity index (χ0v) is 36.5. The summed E-state index contributed by atoms with van der Waals surface area (Å²) in [6, 6.07) is 29.1. The van der Waals surface area contributed by atoms with Gasteiger partial charge in [0.25, 0.3) is 10.0 Å². The highest BCUT2D eigenvalue weighted by Crippen LogP contribution is 2.40. The molecule has 0 saturated carbocycles. The van der Waals surface area contributed by atoms with Crippen molar-refractivity contribution in [1.29, 1.82) is 5.26 Å². The molecular weight excluding hydrogens is 886 g/mol. The van der Waals surface area contributed by atoms with Gasteiger partial charge in [0.1, 0.15) is 30.2 Å². The summed E-state index contributed by atoms with van der Waals surface area (Å²) in [6.07, 6.45) is -1.12. The van der Waals surface area contributed by atoms with Crippen LogP contribution in [0, 0.1) is 18.3 Å². The summed E-state index contributed by atoms with van der Waals surface area (Å²) in [4.78, 5) is 44.5. The van der Waals surface area contributed by atoms with E-state index in [9.17, 15) is 27.9 Å². The molecule has 4 N–H and O–H groups in total. The number of Topliss-reactive ketones (excluding diaryl/α,β-unsaturated/α-hetero) is 1. The highest BCUT2D eigenvalue weighted by molar-refractivity contribution is 7.91. The summed E-state index contributed by atoms with van der Waals surface area (Å²) < 4.78 is 42.0. The van der Waals surface area contributed by atoms with Gasteiger partial charge in [-0.05, 0) is 89.2 Å². The molecule has 0 aliphatic carbocycles. The van der Waals surface area contributed by atoms with Gasteiger partial charge in [-0.3, -0.25) is 9.59 Å². The third-order valence-electron chi connectivity index (χ3n) is 10.9. The molecule has 0 fully saturated rings. The van der Waals surface area contributed by atoms with Gasteiger partial charge < -0.3 is 25.6 Å². The van der Waals surface area contributed by atoms with E-state index in [0.717, 1.165) is 32.3 Å². The smallest absolute Gasteiger partial charge is 0.326 e. The zero-order valence-electron chi connectivity index (χ0n) is 33.4. The molecule has 2 aliphatic heterocycles. The number of nitrogens with two attached hydrogens (primary N) is 1. The Morgan fingerprint density at radius 2 is 1.65 bits per heavy atom. The molecule has 6 aromatic rings. The Hall–Kier alpha value is -6.28. The fraction of sp³-hybridized carbons (Fsp3) is 0.196. The van der Waals surface area contributed by atoms with Crippen molar-refractivity contribution in [2.24, 2.45) is 0 Å². The first-order valence-electron chi connectivity index (χ1n) is 19.5. The lowest BCUT2D eigenvalue weighted by Crippen LogP contribution is -2.55. The van der Waals surface area contributed by atoms with Crippen LogP contribution < -0.4 is 20.5 Å². The second kappa shape index (κ2) is 17.8. The van der Waals surface area contributed by atoms with Crippen molar-refractivity contribution in [3.05, 3.63) is 158 Å². The molecule has 1 aromatic heterocycles. The molecule has 63 heavy (non-hydrogen) atoms. The van der Waals surface area contributed by atoms with Crippen LogP contribution in [0.2, 0.25) is 10.0 Å². The average Bonchev–Trinajstić information content (AvgIpc) is 3.63. The van der Waals surface area contributed by atoms with Crippen LogP contribution in [0.15, 0.2) is 107 Å².